The quantitative estimate of drug-likeness (QED) is 0.320. The first-order valence-electron chi connectivity index (χ1n) is 3.13. The first kappa shape index (κ1) is 8.15. The van der Waals surface area contributed by atoms with Crippen molar-refractivity contribution >= 4 is 6.29 Å². The molecule has 0 spiro atoms. The number of hydrogen-bond acceptors (Lipinski definition) is 1. The smallest absolute Gasteiger partial charge is 0.149 e. The van der Waals surface area contributed by atoms with Crippen LogP contribution in [-0.4, -0.2) is 6.29 Å². The van der Waals surface area contributed by atoms with Gasteiger partial charge in [-0.1, -0.05) is 25.2 Å². The van der Waals surface area contributed by atoms with Crippen LogP contribution in [0.1, 0.15) is 20.3 Å². The Morgan fingerprint density at radius 2 is 2.22 bits per heavy atom. The van der Waals surface area contributed by atoms with E-state index in [1.54, 1.807) is 6.08 Å². The summed E-state index contributed by atoms with van der Waals surface area (Å²) < 4.78 is 0. The molecule has 50 valence electrons. The predicted octanol–water partition coefficient (Wildman–Crippen LogP) is 2.10. The molecule has 0 saturated heterocycles. The van der Waals surface area contributed by atoms with E-state index in [0.29, 0.717) is 0 Å². The molecule has 0 aliphatic heterocycles. The minimum Gasteiger partial charge on any atom is -0.298 e. The maximum Gasteiger partial charge on any atom is 0.149 e. The van der Waals surface area contributed by atoms with Crippen molar-refractivity contribution in [1.29, 1.82) is 0 Å². The van der Waals surface area contributed by atoms with E-state index in [2.05, 4.69) is 0 Å². The number of carbonyl (C=O) groups excluding carboxylic acids is 1. The van der Waals surface area contributed by atoms with E-state index in [1.807, 2.05) is 26.0 Å². The van der Waals surface area contributed by atoms with Crippen molar-refractivity contribution < 1.29 is 4.79 Å². The van der Waals surface area contributed by atoms with Crippen LogP contribution in [0, 0.1) is 0 Å². The van der Waals surface area contributed by atoms with Crippen LogP contribution in [0.2, 0.25) is 0 Å². The highest BCUT2D eigenvalue weighted by atomic mass is 16.1. The maximum atomic E-state index is 10.1. The van der Waals surface area contributed by atoms with Gasteiger partial charge in [0.05, 0.1) is 0 Å². The Hall–Kier alpha value is -0.850. The third kappa shape index (κ3) is 3.71. The van der Waals surface area contributed by atoms with Crippen molar-refractivity contribution in [3.63, 3.8) is 0 Å². The van der Waals surface area contributed by atoms with Gasteiger partial charge in [0.25, 0.3) is 0 Å². The summed E-state index contributed by atoms with van der Waals surface area (Å²) in [6.45, 7) is 3.89. The number of carbonyl (C=O) groups is 1. The number of rotatable bonds is 3. The SMILES string of the molecule is C/C=C(C=O)\C=C\CC. The highest BCUT2D eigenvalue weighted by Crippen LogP contribution is 1.92. The summed E-state index contributed by atoms with van der Waals surface area (Å²) in [5.74, 6) is 0. The molecule has 0 fully saturated rings. The van der Waals surface area contributed by atoms with Crippen molar-refractivity contribution in [2.75, 3.05) is 0 Å². The zero-order valence-corrected chi connectivity index (χ0v) is 5.92. The Kier molecular flexibility index (Phi) is 4.79. The molecule has 0 rings (SSSR count). The topological polar surface area (TPSA) is 17.1 Å². The van der Waals surface area contributed by atoms with Crippen molar-refractivity contribution in [2.24, 2.45) is 0 Å². The minimum absolute atomic E-state index is 0.747. The molecular weight excluding hydrogens is 112 g/mol. The van der Waals surface area contributed by atoms with E-state index >= 15 is 0 Å². The van der Waals surface area contributed by atoms with Gasteiger partial charge < -0.3 is 0 Å². The predicted molar refractivity (Wildman–Crippen MR) is 39.3 cm³/mol. The molecule has 0 aromatic rings. The molecule has 1 nitrogen and oxygen atoms in total. The van der Waals surface area contributed by atoms with Gasteiger partial charge in [-0.2, -0.15) is 0 Å². The second-order valence-corrected chi connectivity index (χ2v) is 1.72. The monoisotopic (exact) mass is 124 g/mol. The molecule has 9 heavy (non-hydrogen) atoms. The third-order valence-corrected chi connectivity index (χ3v) is 1.02. The third-order valence-electron chi connectivity index (χ3n) is 1.02. The van der Waals surface area contributed by atoms with E-state index in [1.165, 1.54) is 0 Å². The minimum atomic E-state index is 0.747. The summed E-state index contributed by atoms with van der Waals surface area (Å²) in [6.07, 6.45) is 7.41. The van der Waals surface area contributed by atoms with Gasteiger partial charge in [0.2, 0.25) is 0 Å². The summed E-state index contributed by atoms with van der Waals surface area (Å²) >= 11 is 0. The van der Waals surface area contributed by atoms with Crippen LogP contribution in [0.25, 0.3) is 0 Å². The zero-order chi connectivity index (χ0) is 7.11. The molecule has 0 aromatic heterocycles. The lowest BCUT2D eigenvalue weighted by molar-refractivity contribution is -0.104. The maximum absolute atomic E-state index is 10.1. The van der Waals surface area contributed by atoms with E-state index in [4.69, 9.17) is 0 Å². The molecule has 0 bridgehead atoms. The van der Waals surface area contributed by atoms with Crippen LogP contribution >= 0.6 is 0 Å². The largest absolute Gasteiger partial charge is 0.298 e. The Morgan fingerprint density at radius 3 is 2.56 bits per heavy atom. The summed E-state index contributed by atoms with van der Waals surface area (Å²) in [4.78, 5) is 10.1. The number of hydrogen-bond donors (Lipinski definition) is 0. The zero-order valence-electron chi connectivity index (χ0n) is 5.92. The summed E-state index contributed by atoms with van der Waals surface area (Å²) in [6, 6.07) is 0. The molecule has 0 atom stereocenters. The fourth-order valence-corrected chi connectivity index (χ4v) is 0.457. The first-order chi connectivity index (χ1) is 4.35. The normalized spacial score (nSPS) is 12.4. The number of allylic oxidation sites excluding steroid dienone is 4. The molecule has 0 N–H and O–H groups in total. The van der Waals surface area contributed by atoms with Gasteiger partial charge in [0.1, 0.15) is 6.29 Å². The molecule has 1 heteroatoms. The number of aldehydes is 1. The van der Waals surface area contributed by atoms with Crippen molar-refractivity contribution in [1.82, 2.24) is 0 Å². The molecule has 0 aromatic carbocycles. The fraction of sp³-hybridized carbons (Fsp3) is 0.375. The van der Waals surface area contributed by atoms with Gasteiger partial charge in [-0.15, -0.1) is 0 Å². The average molecular weight is 124 g/mol. The standard InChI is InChI=1S/C8H12O/c1-3-5-6-8(4-2)7-9/h4-7H,3H2,1-2H3/b6-5+,8-4+. The Morgan fingerprint density at radius 1 is 1.56 bits per heavy atom. The Balaban J connectivity index is 3.84. The molecular formula is C8H12O. The summed E-state index contributed by atoms with van der Waals surface area (Å²) in [5.41, 5.74) is 0.747. The van der Waals surface area contributed by atoms with Gasteiger partial charge >= 0.3 is 0 Å². The highest BCUT2D eigenvalue weighted by Gasteiger charge is 1.81. The second-order valence-electron chi connectivity index (χ2n) is 1.72. The molecule has 0 amide bonds. The van der Waals surface area contributed by atoms with Crippen LogP contribution in [0.5, 0.6) is 0 Å². The van der Waals surface area contributed by atoms with E-state index < -0.39 is 0 Å². The summed E-state index contributed by atoms with van der Waals surface area (Å²) in [7, 11) is 0. The molecule has 0 aliphatic rings. The van der Waals surface area contributed by atoms with Crippen molar-refractivity contribution in [3.05, 3.63) is 23.8 Å². The van der Waals surface area contributed by atoms with Crippen molar-refractivity contribution in [3.8, 4) is 0 Å². The fourth-order valence-electron chi connectivity index (χ4n) is 0.457. The molecule has 0 unspecified atom stereocenters. The van der Waals surface area contributed by atoms with Crippen LogP contribution < -0.4 is 0 Å². The van der Waals surface area contributed by atoms with Gasteiger partial charge in [-0.05, 0) is 13.3 Å². The van der Waals surface area contributed by atoms with E-state index in [-0.39, 0.29) is 0 Å². The van der Waals surface area contributed by atoms with E-state index in [9.17, 15) is 4.79 Å². The van der Waals surface area contributed by atoms with Crippen LogP contribution in [0.15, 0.2) is 23.8 Å². The lowest BCUT2D eigenvalue weighted by Crippen LogP contribution is -1.75. The summed E-state index contributed by atoms with van der Waals surface area (Å²) in [5, 5.41) is 0. The molecule has 0 heterocycles. The lowest BCUT2D eigenvalue weighted by Gasteiger charge is -1.83. The van der Waals surface area contributed by atoms with E-state index in [0.717, 1.165) is 18.3 Å². The Labute approximate surface area is 56.1 Å². The van der Waals surface area contributed by atoms with Gasteiger partial charge in [0.15, 0.2) is 0 Å². The average Bonchev–Trinajstić information content (AvgIpc) is 1.91. The lowest BCUT2D eigenvalue weighted by atomic mass is 10.2. The van der Waals surface area contributed by atoms with Gasteiger partial charge in [-0.3, -0.25) is 4.79 Å². The van der Waals surface area contributed by atoms with Gasteiger partial charge in [-0.25, -0.2) is 0 Å². The van der Waals surface area contributed by atoms with Gasteiger partial charge in [0, 0.05) is 5.57 Å². The van der Waals surface area contributed by atoms with Crippen LogP contribution in [0.4, 0.5) is 0 Å². The molecule has 0 saturated carbocycles. The highest BCUT2D eigenvalue weighted by molar-refractivity contribution is 5.77. The van der Waals surface area contributed by atoms with Crippen LogP contribution in [0.3, 0.4) is 0 Å². The molecule has 0 aliphatic carbocycles. The van der Waals surface area contributed by atoms with Crippen LogP contribution in [-0.2, 0) is 4.79 Å². The Bertz CT molecular complexity index is 132. The second kappa shape index (κ2) is 5.29. The molecule has 0 radical (unpaired) electrons. The van der Waals surface area contributed by atoms with Crippen molar-refractivity contribution in [2.45, 2.75) is 20.3 Å². The first-order valence-corrected chi connectivity index (χ1v) is 3.13.